The lowest BCUT2D eigenvalue weighted by atomic mass is 10.0. The number of guanidine groups is 2. The lowest BCUT2D eigenvalue weighted by molar-refractivity contribution is -0.384. The molecule has 0 radical (unpaired) electrons. The van der Waals surface area contributed by atoms with Crippen molar-refractivity contribution in [2.75, 3.05) is 37.7 Å². The lowest BCUT2D eigenvalue weighted by Crippen LogP contribution is -2.59. The van der Waals surface area contributed by atoms with E-state index in [2.05, 4.69) is 52.5 Å². The third kappa shape index (κ3) is 22.9. The number of benzene rings is 1. The highest BCUT2D eigenvalue weighted by Crippen LogP contribution is 2.24. The minimum Gasteiger partial charge on any atom is -0.481 e. The van der Waals surface area contributed by atoms with Gasteiger partial charge in [0.1, 0.15) is 48.3 Å². The monoisotopic (exact) mass is 1150 g/mol. The molecule has 1 aromatic carbocycles. The molecule has 0 aromatic heterocycles. The summed E-state index contributed by atoms with van der Waals surface area (Å²) < 4.78 is 0. The predicted molar refractivity (Wildman–Crippen MR) is 284 cm³/mol. The van der Waals surface area contributed by atoms with Crippen LogP contribution in [0.1, 0.15) is 63.9 Å². The van der Waals surface area contributed by atoms with E-state index in [9.17, 15) is 72.8 Å². The van der Waals surface area contributed by atoms with Crippen molar-refractivity contribution in [3.63, 3.8) is 0 Å². The summed E-state index contributed by atoms with van der Waals surface area (Å²) in [5.41, 5.74) is 32.8. The zero-order valence-electron chi connectivity index (χ0n) is 42.8. The molecule has 0 saturated carbocycles. The van der Waals surface area contributed by atoms with Crippen LogP contribution in [-0.2, 0) is 64.0 Å². The minimum absolute atomic E-state index is 0.0208. The molecule has 2 saturated heterocycles. The van der Waals surface area contributed by atoms with Gasteiger partial charge in [0.05, 0.1) is 24.3 Å². The van der Waals surface area contributed by atoms with Crippen LogP contribution in [0.15, 0.2) is 34.3 Å². The van der Waals surface area contributed by atoms with E-state index < -0.39 is 150 Å². The predicted octanol–water partition coefficient (Wildman–Crippen LogP) is -7.00. The fourth-order valence-electron chi connectivity index (χ4n) is 7.78. The molecular formula is C44H66N18O15S2. The molecule has 434 valence electrons. The fourth-order valence-corrected chi connectivity index (χ4v) is 10.1. The van der Waals surface area contributed by atoms with E-state index in [0.717, 1.165) is 45.5 Å². The maximum atomic E-state index is 14.3. The Morgan fingerprint density at radius 2 is 1.25 bits per heavy atom. The van der Waals surface area contributed by atoms with Gasteiger partial charge in [-0.05, 0) is 44.1 Å². The van der Waals surface area contributed by atoms with Gasteiger partial charge in [-0.15, -0.1) is 0 Å². The van der Waals surface area contributed by atoms with Gasteiger partial charge >= 0.3 is 5.97 Å². The zero-order valence-corrected chi connectivity index (χ0v) is 44.4. The second-order valence-electron chi connectivity index (χ2n) is 17.9. The zero-order chi connectivity index (χ0) is 58.9. The average Bonchev–Trinajstić information content (AvgIpc) is 3.89. The molecule has 33 nitrogen and oxygen atoms in total. The van der Waals surface area contributed by atoms with Crippen LogP contribution in [0, 0.1) is 10.1 Å². The number of nitrogens with zero attached hydrogens (tertiary/aromatic N) is 4. The molecule has 0 bridgehead atoms. The molecule has 0 unspecified atom stereocenters. The van der Waals surface area contributed by atoms with E-state index in [4.69, 9.17) is 34.4 Å². The standard InChI is InChI=1S/C44H66N18O15S2/c1-21(63)54-30-20-79-78-19-29(35(46)68)60-37(70)25(6-3-13-52-44(49)50)56-38(71)26(15-22-8-10-23(11-9-22)62(76)77)58-39(72)27(17-34(66)67)55-33(65)18-53-36(69)24(5-2-12-51-43(47)48)57-41(74)31-7-4-14-61(31)42(75)28(16-32(45)64)59-40(30)73/h8-11,24-31H,2-7,12-20H2,1H3,(H2,45,64)(H2,46,68)(H,53,69)(H,54,63)(H,55,65)(H,56,71)(H,57,74)(H,58,72)(H,59,73)(H,60,70)(H,66,67)(H4,47,48,51)(H4,49,50,52)/t24-,25-,26+,27-,28-,29-,30-,31+/m0/s1. The van der Waals surface area contributed by atoms with E-state index in [1.54, 1.807) is 0 Å². The summed E-state index contributed by atoms with van der Waals surface area (Å²) in [7, 11) is 1.80. The molecule has 0 spiro atoms. The van der Waals surface area contributed by atoms with Gasteiger partial charge in [-0.3, -0.25) is 77.6 Å². The smallest absolute Gasteiger partial charge is 0.305 e. The van der Waals surface area contributed by atoms with Crippen LogP contribution in [0.5, 0.6) is 0 Å². The maximum Gasteiger partial charge on any atom is 0.305 e. The number of nitro groups is 1. The third-order valence-electron chi connectivity index (χ3n) is 11.6. The maximum absolute atomic E-state index is 14.3. The summed E-state index contributed by atoms with van der Waals surface area (Å²) >= 11 is 0. The van der Waals surface area contributed by atoms with Crippen molar-refractivity contribution in [3.8, 4) is 0 Å². The topological polar surface area (TPSA) is 549 Å². The summed E-state index contributed by atoms with van der Waals surface area (Å²) in [6.07, 6.45) is -2.32. The number of rotatable bonds is 17. The Balaban J connectivity index is 2.14. The number of aliphatic imine (C=N–C) groups is 2. The summed E-state index contributed by atoms with van der Waals surface area (Å²) in [6.45, 7) is 0.00695. The Kier molecular flexibility index (Phi) is 26.5. The Hall–Kier alpha value is -8.50. The highest BCUT2D eigenvalue weighted by Gasteiger charge is 2.40. The Bertz CT molecular complexity index is 2500. The van der Waals surface area contributed by atoms with Gasteiger partial charge in [0, 0.05) is 56.6 Å². The van der Waals surface area contributed by atoms with Crippen LogP contribution in [0.25, 0.3) is 0 Å². The van der Waals surface area contributed by atoms with Crippen LogP contribution in [0.2, 0.25) is 0 Å². The number of hydrogen-bond acceptors (Lipinski definition) is 18. The van der Waals surface area contributed by atoms with Gasteiger partial charge in [-0.25, -0.2) is 0 Å². The van der Waals surface area contributed by atoms with Crippen LogP contribution in [0.3, 0.4) is 0 Å². The number of aliphatic carboxylic acids is 1. The van der Waals surface area contributed by atoms with Crippen molar-refractivity contribution >= 4 is 110 Å². The summed E-state index contributed by atoms with van der Waals surface area (Å²) in [4.78, 5) is 180. The number of carboxylic acids is 1. The number of nitrogens with two attached hydrogens (primary N) is 6. The van der Waals surface area contributed by atoms with E-state index in [0.29, 0.717) is 0 Å². The SMILES string of the molecule is CC(=O)N[C@H]1CSSC[C@@H](C(N)=O)NC(=O)[C@H](CCCN=C(N)N)NC(=O)[C@@H](Cc2ccc([N+](=O)[O-])cc2)NC(=O)[C@H](CC(=O)O)NC(=O)CNC(=O)[C@H](CCCN=C(N)N)NC(=O)[C@H]2CCCN2C(=O)[C@H](CC(N)=O)NC1=O. The van der Waals surface area contributed by atoms with Crippen LogP contribution in [0.4, 0.5) is 5.69 Å². The first-order valence-electron chi connectivity index (χ1n) is 24.3. The highest BCUT2D eigenvalue weighted by atomic mass is 33.1. The van der Waals surface area contributed by atoms with Gasteiger partial charge < -0.3 is 86.9 Å². The summed E-state index contributed by atoms with van der Waals surface area (Å²) in [6, 6.07) is -7.80. The third-order valence-corrected chi connectivity index (χ3v) is 14.0. The number of nitro benzene ring substituents is 1. The second kappa shape index (κ2) is 32.3. The van der Waals surface area contributed by atoms with Crippen molar-refractivity contribution in [2.24, 2.45) is 44.4 Å². The van der Waals surface area contributed by atoms with Crippen LogP contribution < -0.4 is 76.9 Å². The molecule has 21 N–H and O–H groups in total. The van der Waals surface area contributed by atoms with Gasteiger partial charge in [0.25, 0.3) is 5.69 Å². The summed E-state index contributed by atoms with van der Waals surface area (Å²) in [5.74, 6) is -13.8. The molecule has 0 aliphatic carbocycles. The van der Waals surface area contributed by atoms with E-state index in [1.807, 2.05) is 0 Å². The van der Waals surface area contributed by atoms with Crippen LogP contribution in [-0.4, -0.2) is 184 Å². The first-order valence-corrected chi connectivity index (χ1v) is 26.8. The second-order valence-corrected chi connectivity index (χ2v) is 20.4. The molecule has 8 atom stereocenters. The fraction of sp³-hybridized carbons (Fsp3) is 0.545. The van der Waals surface area contributed by atoms with E-state index in [-0.39, 0.29) is 92.8 Å². The van der Waals surface area contributed by atoms with Gasteiger partial charge in [0.15, 0.2) is 11.9 Å². The van der Waals surface area contributed by atoms with Gasteiger partial charge in [0.2, 0.25) is 65.0 Å². The molecule has 79 heavy (non-hydrogen) atoms. The number of nitrogens with one attached hydrogen (secondary N) is 8. The molecule has 2 fully saturated rings. The number of hydrogen-bond donors (Lipinski definition) is 15. The van der Waals surface area contributed by atoms with Crippen molar-refractivity contribution in [1.29, 1.82) is 0 Å². The largest absolute Gasteiger partial charge is 0.481 e. The number of primary amides is 2. The van der Waals surface area contributed by atoms with Gasteiger partial charge in [-0.1, -0.05) is 33.7 Å². The molecule has 2 heterocycles. The Morgan fingerprint density at radius 1 is 0.709 bits per heavy atom. The number of amides is 11. The van der Waals surface area contributed by atoms with Crippen LogP contribution >= 0.6 is 21.6 Å². The molecule has 3 rings (SSSR count). The lowest BCUT2D eigenvalue weighted by Gasteiger charge is -2.30. The Labute approximate surface area is 458 Å². The van der Waals surface area contributed by atoms with Crippen molar-refractivity contribution < 1.29 is 67.6 Å². The van der Waals surface area contributed by atoms with Crippen molar-refractivity contribution in [2.45, 2.75) is 113 Å². The molecule has 11 amide bonds. The number of non-ortho nitro benzene ring substituents is 1. The first-order chi connectivity index (χ1) is 37.2. The first kappa shape index (κ1) is 64.8. The van der Waals surface area contributed by atoms with Crippen molar-refractivity contribution in [3.05, 3.63) is 39.9 Å². The Morgan fingerprint density at radius 3 is 1.81 bits per heavy atom. The highest BCUT2D eigenvalue weighted by molar-refractivity contribution is 8.76. The number of carbonyl (C=O) groups excluding carboxylic acids is 11. The normalized spacial score (nSPS) is 23.6. The van der Waals surface area contributed by atoms with Crippen molar-refractivity contribution in [1.82, 2.24) is 47.4 Å². The molecule has 1 aromatic rings. The average molecular weight is 1150 g/mol. The van der Waals surface area contributed by atoms with E-state index in [1.165, 1.54) is 12.1 Å². The number of fused-ring (bicyclic) bond motifs is 1. The molecule has 2 aliphatic heterocycles. The molecule has 35 heteroatoms. The minimum atomic E-state index is -1.95. The number of carboxylic acid groups (broad SMARTS) is 1. The van der Waals surface area contributed by atoms with Gasteiger partial charge in [-0.2, -0.15) is 0 Å². The number of carbonyl (C=O) groups is 12. The van der Waals surface area contributed by atoms with E-state index >= 15 is 0 Å². The quantitative estimate of drug-likeness (QED) is 0.0172. The summed E-state index contributed by atoms with van der Waals surface area (Å²) in [5, 5.41) is 40.4. The molecule has 2 aliphatic rings. The molecular weight excluding hydrogens is 1080 g/mol.